The molecule has 7 heteroatoms. The van der Waals surface area contributed by atoms with Gasteiger partial charge < -0.3 is 4.74 Å². The van der Waals surface area contributed by atoms with Crippen LogP contribution in [-0.2, 0) is 0 Å². The van der Waals surface area contributed by atoms with Crippen LogP contribution in [0.15, 0.2) is 35.4 Å². The minimum Gasteiger partial charge on any atom is -0.497 e. The van der Waals surface area contributed by atoms with E-state index in [1.54, 1.807) is 11.6 Å². The summed E-state index contributed by atoms with van der Waals surface area (Å²) in [6.45, 7) is 5.77. The van der Waals surface area contributed by atoms with Crippen molar-refractivity contribution >= 4 is 17.0 Å². The number of aromatic nitrogens is 4. The SMILES string of the molecule is COc1ccc(NN=C(C)c2nnc3cc(C)nn3c2C)cc1. The Morgan fingerprint density at radius 2 is 1.91 bits per heavy atom. The second-order valence-corrected chi connectivity index (χ2v) is 5.23. The normalized spacial score (nSPS) is 11.7. The number of hydrogen-bond donors (Lipinski definition) is 1. The summed E-state index contributed by atoms with van der Waals surface area (Å²) in [5, 5.41) is 17.2. The van der Waals surface area contributed by atoms with Crippen molar-refractivity contribution in [3.05, 3.63) is 47.4 Å². The van der Waals surface area contributed by atoms with Crippen molar-refractivity contribution in [1.29, 1.82) is 0 Å². The number of nitrogens with one attached hydrogen (secondary N) is 1. The average molecular weight is 310 g/mol. The molecular formula is C16H18N6O. The summed E-state index contributed by atoms with van der Waals surface area (Å²) in [5.74, 6) is 0.803. The summed E-state index contributed by atoms with van der Waals surface area (Å²) < 4.78 is 6.91. The molecule has 118 valence electrons. The Labute approximate surface area is 134 Å². The molecule has 2 heterocycles. The lowest BCUT2D eigenvalue weighted by Gasteiger charge is -2.07. The van der Waals surface area contributed by atoms with Crippen LogP contribution < -0.4 is 10.2 Å². The molecule has 1 N–H and O–H groups in total. The van der Waals surface area contributed by atoms with E-state index in [0.717, 1.165) is 34.2 Å². The lowest BCUT2D eigenvalue weighted by atomic mass is 10.2. The Balaban J connectivity index is 1.86. The lowest BCUT2D eigenvalue weighted by Crippen LogP contribution is -2.11. The summed E-state index contributed by atoms with van der Waals surface area (Å²) in [4.78, 5) is 0. The van der Waals surface area contributed by atoms with Gasteiger partial charge in [-0.2, -0.15) is 10.2 Å². The third-order valence-corrected chi connectivity index (χ3v) is 3.51. The van der Waals surface area contributed by atoms with E-state index in [1.165, 1.54) is 0 Å². The van der Waals surface area contributed by atoms with Crippen molar-refractivity contribution in [2.24, 2.45) is 5.10 Å². The van der Waals surface area contributed by atoms with Gasteiger partial charge in [0, 0.05) is 6.07 Å². The maximum Gasteiger partial charge on any atom is 0.177 e. The van der Waals surface area contributed by atoms with E-state index >= 15 is 0 Å². The summed E-state index contributed by atoms with van der Waals surface area (Å²) in [7, 11) is 1.64. The number of rotatable bonds is 4. The lowest BCUT2D eigenvalue weighted by molar-refractivity contribution is 0.415. The molecule has 0 amide bonds. The van der Waals surface area contributed by atoms with Crippen molar-refractivity contribution in [3.63, 3.8) is 0 Å². The Bertz CT molecular complexity index is 866. The van der Waals surface area contributed by atoms with Gasteiger partial charge in [0.25, 0.3) is 0 Å². The fourth-order valence-electron chi connectivity index (χ4n) is 2.28. The summed E-state index contributed by atoms with van der Waals surface area (Å²) in [6, 6.07) is 9.43. The van der Waals surface area contributed by atoms with Crippen molar-refractivity contribution in [2.45, 2.75) is 20.8 Å². The Hall–Kier alpha value is -2.96. The quantitative estimate of drug-likeness (QED) is 0.592. The van der Waals surface area contributed by atoms with Gasteiger partial charge in [-0.3, -0.25) is 5.43 Å². The second kappa shape index (κ2) is 6.04. The number of aryl methyl sites for hydroxylation is 2. The second-order valence-electron chi connectivity index (χ2n) is 5.23. The van der Waals surface area contributed by atoms with Gasteiger partial charge in [0.15, 0.2) is 5.65 Å². The van der Waals surface area contributed by atoms with Gasteiger partial charge in [-0.15, -0.1) is 10.2 Å². The molecule has 2 aromatic heterocycles. The molecule has 0 atom stereocenters. The van der Waals surface area contributed by atoms with Gasteiger partial charge in [0.1, 0.15) is 11.4 Å². The third-order valence-electron chi connectivity index (χ3n) is 3.51. The van der Waals surface area contributed by atoms with Gasteiger partial charge in [0.05, 0.1) is 29.9 Å². The summed E-state index contributed by atoms with van der Waals surface area (Å²) in [5.41, 5.74) is 7.87. The van der Waals surface area contributed by atoms with Gasteiger partial charge in [0.2, 0.25) is 0 Å². The predicted octanol–water partition coefficient (Wildman–Crippen LogP) is 2.59. The molecule has 0 aliphatic carbocycles. The first-order valence-corrected chi connectivity index (χ1v) is 7.23. The zero-order valence-corrected chi connectivity index (χ0v) is 13.5. The van der Waals surface area contributed by atoms with E-state index < -0.39 is 0 Å². The Morgan fingerprint density at radius 3 is 2.61 bits per heavy atom. The standard InChI is InChI=1S/C16H18N6O/c1-10-9-15-19-20-16(12(3)22(15)21-10)11(2)17-18-13-5-7-14(23-4)8-6-13/h5-9,18H,1-4H3. The Morgan fingerprint density at radius 1 is 1.17 bits per heavy atom. The largest absolute Gasteiger partial charge is 0.497 e. The first-order valence-electron chi connectivity index (χ1n) is 7.23. The maximum absolute atomic E-state index is 5.13. The van der Waals surface area contributed by atoms with E-state index in [2.05, 4.69) is 25.8 Å². The van der Waals surface area contributed by atoms with Crippen molar-refractivity contribution in [3.8, 4) is 5.75 Å². The fourth-order valence-corrected chi connectivity index (χ4v) is 2.28. The number of hydrazone groups is 1. The topological polar surface area (TPSA) is 76.7 Å². The average Bonchev–Trinajstić information content (AvgIpc) is 2.95. The van der Waals surface area contributed by atoms with Gasteiger partial charge in [-0.05, 0) is 45.0 Å². The summed E-state index contributed by atoms with van der Waals surface area (Å²) >= 11 is 0. The zero-order chi connectivity index (χ0) is 16.4. The van der Waals surface area contributed by atoms with Crippen LogP contribution in [0.2, 0.25) is 0 Å². The first kappa shape index (κ1) is 15.0. The molecule has 3 rings (SSSR count). The smallest absolute Gasteiger partial charge is 0.177 e. The van der Waals surface area contributed by atoms with Crippen LogP contribution in [0.5, 0.6) is 5.75 Å². The molecule has 0 saturated carbocycles. The molecule has 0 unspecified atom stereocenters. The van der Waals surface area contributed by atoms with Gasteiger partial charge in [-0.1, -0.05) is 0 Å². The molecule has 0 fully saturated rings. The van der Waals surface area contributed by atoms with Crippen LogP contribution in [0, 0.1) is 13.8 Å². The number of anilines is 1. The molecule has 3 aromatic rings. The molecule has 0 aliphatic heterocycles. The Kier molecular flexibility index (Phi) is 3.92. The van der Waals surface area contributed by atoms with E-state index in [-0.39, 0.29) is 0 Å². The number of ether oxygens (including phenoxy) is 1. The number of benzene rings is 1. The predicted molar refractivity (Wildman–Crippen MR) is 89.1 cm³/mol. The fraction of sp³-hybridized carbons (Fsp3) is 0.250. The molecule has 0 radical (unpaired) electrons. The van der Waals surface area contributed by atoms with E-state index in [1.807, 2.05) is 51.1 Å². The minimum atomic E-state index is 0.710. The van der Waals surface area contributed by atoms with Crippen molar-refractivity contribution in [1.82, 2.24) is 19.8 Å². The molecular weight excluding hydrogens is 292 g/mol. The first-order chi connectivity index (χ1) is 11.1. The summed E-state index contributed by atoms with van der Waals surface area (Å²) in [6.07, 6.45) is 0. The van der Waals surface area contributed by atoms with E-state index in [4.69, 9.17) is 4.74 Å². The monoisotopic (exact) mass is 310 g/mol. The van der Waals surface area contributed by atoms with Crippen LogP contribution in [0.4, 0.5) is 5.69 Å². The van der Waals surface area contributed by atoms with Crippen LogP contribution in [0.25, 0.3) is 5.65 Å². The molecule has 1 aromatic carbocycles. The highest BCUT2D eigenvalue weighted by Crippen LogP contribution is 2.15. The van der Waals surface area contributed by atoms with Gasteiger partial charge in [-0.25, -0.2) is 4.52 Å². The van der Waals surface area contributed by atoms with Crippen LogP contribution in [0.3, 0.4) is 0 Å². The molecule has 0 bridgehead atoms. The number of nitrogens with zero attached hydrogens (tertiary/aromatic N) is 5. The van der Waals surface area contributed by atoms with Gasteiger partial charge >= 0.3 is 0 Å². The van der Waals surface area contributed by atoms with E-state index in [0.29, 0.717) is 5.69 Å². The van der Waals surface area contributed by atoms with Crippen LogP contribution in [0.1, 0.15) is 24.0 Å². The van der Waals surface area contributed by atoms with Crippen LogP contribution in [-0.4, -0.2) is 32.6 Å². The van der Waals surface area contributed by atoms with E-state index in [9.17, 15) is 0 Å². The molecule has 0 spiro atoms. The molecule has 0 saturated heterocycles. The highest BCUT2D eigenvalue weighted by atomic mass is 16.5. The number of methoxy groups -OCH3 is 1. The van der Waals surface area contributed by atoms with Crippen molar-refractivity contribution < 1.29 is 4.74 Å². The zero-order valence-electron chi connectivity index (χ0n) is 13.5. The minimum absolute atomic E-state index is 0.710. The highest BCUT2D eigenvalue weighted by molar-refractivity contribution is 5.98. The van der Waals surface area contributed by atoms with Crippen LogP contribution >= 0.6 is 0 Å². The highest BCUT2D eigenvalue weighted by Gasteiger charge is 2.11. The number of hydrogen-bond acceptors (Lipinski definition) is 6. The molecule has 23 heavy (non-hydrogen) atoms. The molecule has 0 aliphatic rings. The molecule has 7 nitrogen and oxygen atoms in total. The third kappa shape index (κ3) is 2.98. The van der Waals surface area contributed by atoms with Crippen molar-refractivity contribution in [2.75, 3.05) is 12.5 Å². The number of fused-ring (bicyclic) bond motifs is 1. The maximum atomic E-state index is 5.13.